The molecule has 3 heterocycles. The van der Waals surface area contributed by atoms with Gasteiger partial charge < -0.3 is 9.15 Å². The van der Waals surface area contributed by atoms with Crippen molar-refractivity contribution in [2.24, 2.45) is 5.92 Å². The first-order chi connectivity index (χ1) is 12.5. The number of hydrogen-bond donors (Lipinski definition) is 0. The first-order valence-corrected chi connectivity index (χ1v) is 10.4. The van der Waals surface area contributed by atoms with Crippen LogP contribution >= 0.6 is 23.1 Å². The number of nitrogens with zero attached hydrogens (tertiary/aromatic N) is 2. The van der Waals surface area contributed by atoms with E-state index in [4.69, 9.17) is 9.40 Å². The van der Waals surface area contributed by atoms with E-state index < -0.39 is 5.97 Å². The average molecular weight is 389 g/mol. The van der Waals surface area contributed by atoms with E-state index in [2.05, 4.69) is 16.6 Å². The summed E-state index contributed by atoms with van der Waals surface area (Å²) >= 11 is 3.45. The topological polar surface area (TPSA) is 65.2 Å². The third-order valence-corrected chi connectivity index (χ3v) is 6.78. The van der Waals surface area contributed by atoms with Crippen molar-refractivity contribution < 1.29 is 13.9 Å². The molecule has 0 saturated heterocycles. The molecule has 0 N–H and O–H groups in total. The fourth-order valence-corrected chi connectivity index (χ4v) is 5.81. The first kappa shape index (κ1) is 17.5. The quantitative estimate of drug-likeness (QED) is 0.363. The van der Waals surface area contributed by atoms with Crippen molar-refractivity contribution in [3.8, 4) is 0 Å². The second kappa shape index (κ2) is 7.04. The van der Waals surface area contributed by atoms with Crippen molar-refractivity contribution in [2.45, 2.75) is 43.9 Å². The van der Waals surface area contributed by atoms with Crippen LogP contribution in [0.4, 0.5) is 0 Å². The summed E-state index contributed by atoms with van der Waals surface area (Å²) in [4.78, 5) is 23.5. The van der Waals surface area contributed by atoms with Crippen LogP contribution in [0.15, 0.2) is 21.6 Å². The number of rotatable bonds is 4. The normalized spacial score (nSPS) is 16.7. The Balaban J connectivity index is 1.64. The zero-order valence-corrected chi connectivity index (χ0v) is 16.6. The molecule has 0 saturated carbocycles. The lowest BCUT2D eigenvalue weighted by molar-refractivity contribution is 0.0563. The van der Waals surface area contributed by atoms with E-state index in [1.807, 2.05) is 24.3 Å². The van der Waals surface area contributed by atoms with Gasteiger partial charge in [-0.2, -0.15) is 0 Å². The van der Waals surface area contributed by atoms with Gasteiger partial charge in [0.05, 0.1) is 12.9 Å². The summed E-state index contributed by atoms with van der Waals surface area (Å²) < 4.78 is 10.3. The number of ether oxygens (including phenoxy) is 1. The number of furan rings is 1. The van der Waals surface area contributed by atoms with Gasteiger partial charge in [-0.05, 0) is 49.8 Å². The maximum Gasteiger partial charge on any atom is 0.373 e. The summed E-state index contributed by atoms with van der Waals surface area (Å²) in [6, 6.07) is 3.46. The maximum absolute atomic E-state index is 11.5. The van der Waals surface area contributed by atoms with Gasteiger partial charge in [0.2, 0.25) is 5.76 Å². The van der Waals surface area contributed by atoms with Gasteiger partial charge in [-0.1, -0.05) is 18.7 Å². The van der Waals surface area contributed by atoms with E-state index in [9.17, 15) is 4.79 Å². The van der Waals surface area contributed by atoms with Gasteiger partial charge in [-0.3, -0.25) is 0 Å². The number of thiophene rings is 1. The summed E-state index contributed by atoms with van der Waals surface area (Å²) in [7, 11) is 1.35. The molecule has 0 amide bonds. The van der Waals surface area contributed by atoms with E-state index in [0.717, 1.165) is 40.2 Å². The summed E-state index contributed by atoms with van der Waals surface area (Å²) in [6.45, 7) is 4.25. The lowest BCUT2D eigenvalue weighted by atomic mass is 9.89. The van der Waals surface area contributed by atoms with E-state index in [1.54, 1.807) is 17.8 Å². The van der Waals surface area contributed by atoms with E-state index in [0.29, 0.717) is 5.75 Å². The Kier molecular flexibility index (Phi) is 4.75. The van der Waals surface area contributed by atoms with Crippen LogP contribution in [0.2, 0.25) is 0 Å². The van der Waals surface area contributed by atoms with Crippen molar-refractivity contribution in [2.75, 3.05) is 7.11 Å². The lowest BCUT2D eigenvalue weighted by Crippen LogP contribution is -2.08. The molecular weight excluding hydrogens is 368 g/mol. The van der Waals surface area contributed by atoms with Crippen LogP contribution in [0.5, 0.6) is 0 Å². The second-order valence-corrected chi connectivity index (χ2v) is 8.70. The number of carbonyl (C=O) groups is 1. The van der Waals surface area contributed by atoms with Crippen LogP contribution in [0.3, 0.4) is 0 Å². The molecule has 1 aliphatic rings. The Morgan fingerprint density at radius 1 is 1.42 bits per heavy atom. The highest BCUT2D eigenvalue weighted by molar-refractivity contribution is 7.98. The van der Waals surface area contributed by atoms with E-state index in [1.165, 1.54) is 29.4 Å². The fraction of sp³-hybridized carbons (Fsp3) is 0.421. The number of aromatic nitrogens is 2. The van der Waals surface area contributed by atoms with Crippen LogP contribution < -0.4 is 0 Å². The summed E-state index contributed by atoms with van der Waals surface area (Å²) in [5.41, 5.74) is 1.43. The third-order valence-electron chi connectivity index (χ3n) is 4.63. The van der Waals surface area contributed by atoms with Gasteiger partial charge in [0.15, 0.2) is 0 Å². The summed E-state index contributed by atoms with van der Waals surface area (Å²) in [5.74, 6) is 2.65. The number of thioether (sulfide) groups is 1. The lowest BCUT2D eigenvalue weighted by Gasteiger charge is -2.18. The average Bonchev–Trinajstić information content (AvgIpc) is 3.22. The zero-order valence-electron chi connectivity index (χ0n) is 15.0. The molecular formula is C19H20N2O3S2. The van der Waals surface area contributed by atoms with Crippen molar-refractivity contribution in [3.05, 3.63) is 39.9 Å². The van der Waals surface area contributed by atoms with Crippen LogP contribution in [-0.2, 0) is 23.3 Å². The van der Waals surface area contributed by atoms with Crippen molar-refractivity contribution in [1.29, 1.82) is 0 Å². The molecule has 136 valence electrons. The van der Waals surface area contributed by atoms with Gasteiger partial charge >= 0.3 is 5.97 Å². The smallest absolute Gasteiger partial charge is 0.373 e. The van der Waals surface area contributed by atoms with E-state index >= 15 is 0 Å². The van der Waals surface area contributed by atoms with Crippen LogP contribution in [0.1, 0.15) is 45.9 Å². The summed E-state index contributed by atoms with van der Waals surface area (Å²) in [5, 5.41) is 2.22. The molecule has 0 aromatic carbocycles. The third kappa shape index (κ3) is 3.25. The number of carbonyl (C=O) groups excluding carboxylic acids is 1. The SMILES string of the molecule is COC(=O)c1ccc(CSc2nc(C)nc3sc4c(c23)CCC(C)C4)o1. The molecule has 4 rings (SSSR count). The van der Waals surface area contributed by atoms with E-state index in [-0.39, 0.29) is 5.76 Å². The van der Waals surface area contributed by atoms with Crippen LogP contribution in [0, 0.1) is 12.8 Å². The van der Waals surface area contributed by atoms with Gasteiger partial charge in [0, 0.05) is 10.3 Å². The minimum absolute atomic E-state index is 0.231. The molecule has 3 aromatic heterocycles. The van der Waals surface area contributed by atoms with Crippen molar-refractivity contribution >= 4 is 39.3 Å². The van der Waals surface area contributed by atoms with Crippen LogP contribution in [-0.4, -0.2) is 23.0 Å². The van der Waals surface area contributed by atoms with Gasteiger partial charge in [0.25, 0.3) is 0 Å². The molecule has 3 aromatic rings. The number of hydrogen-bond acceptors (Lipinski definition) is 7. The molecule has 0 aliphatic heterocycles. The monoisotopic (exact) mass is 388 g/mol. The predicted molar refractivity (Wildman–Crippen MR) is 103 cm³/mol. The van der Waals surface area contributed by atoms with Gasteiger partial charge in [-0.25, -0.2) is 14.8 Å². The highest BCUT2D eigenvalue weighted by Gasteiger charge is 2.24. The number of esters is 1. The first-order valence-electron chi connectivity index (χ1n) is 8.64. The van der Waals surface area contributed by atoms with Gasteiger partial charge in [0.1, 0.15) is 21.4 Å². The fourth-order valence-electron chi connectivity index (χ4n) is 3.32. The molecule has 1 atom stereocenters. The maximum atomic E-state index is 11.5. The Hall–Kier alpha value is -1.86. The molecule has 7 heteroatoms. The Labute approximate surface area is 160 Å². The molecule has 0 fully saturated rings. The van der Waals surface area contributed by atoms with Gasteiger partial charge in [-0.15, -0.1) is 11.3 Å². The standard InChI is InChI=1S/C19H20N2O3S2/c1-10-4-6-13-15(8-10)26-18-16(13)17(20-11(2)21-18)25-9-12-5-7-14(24-12)19(22)23-3/h5,7,10H,4,6,8-9H2,1-3H3. The van der Waals surface area contributed by atoms with Crippen molar-refractivity contribution in [1.82, 2.24) is 9.97 Å². The number of aryl methyl sites for hydroxylation is 2. The molecule has 0 radical (unpaired) electrons. The molecule has 0 bridgehead atoms. The Morgan fingerprint density at radius 2 is 2.27 bits per heavy atom. The predicted octanol–water partition coefficient (Wildman–Crippen LogP) is 4.80. The largest absolute Gasteiger partial charge is 0.463 e. The highest BCUT2D eigenvalue weighted by Crippen LogP contribution is 2.41. The zero-order chi connectivity index (χ0) is 18.3. The molecule has 5 nitrogen and oxygen atoms in total. The Morgan fingerprint density at radius 3 is 3.08 bits per heavy atom. The van der Waals surface area contributed by atoms with Crippen molar-refractivity contribution in [3.63, 3.8) is 0 Å². The molecule has 1 unspecified atom stereocenters. The molecule has 0 spiro atoms. The number of fused-ring (bicyclic) bond motifs is 3. The summed E-state index contributed by atoms with van der Waals surface area (Å²) in [6.07, 6.45) is 3.46. The minimum atomic E-state index is -0.456. The van der Waals surface area contributed by atoms with Crippen LogP contribution in [0.25, 0.3) is 10.2 Å². The minimum Gasteiger partial charge on any atom is -0.463 e. The second-order valence-electron chi connectivity index (χ2n) is 6.65. The highest BCUT2D eigenvalue weighted by atomic mass is 32.2. The molecule has 1 aliphatic carbocycles. The number of methoxy groups -OCH3 is 1. The Bertz CT molecular complexity index is 977. The molecule has 26 heavy (non-hydrogen) atoms.